The van der Waals surface area contributed by atoms with Crippen LogP contribution >= 0.6 is 23.2 Å². The average Bonchev–Trinajstić information content (AvgIpc) is 2.23. The minimum atomic E-state index is 0.446. The van der Waals surface area contributed by atoms with E-state index in [0.29, 0.717) is 15.6 Å². The summed E-state index contributed by atoms with van der Waals surface area (Å²) < 4.78 is 0. The molecule has 0 aliphatic rings. The Morgan fingerprint density at radius 2 is 2.00 bits per heavy atom. The van der Waals surface area contributed by atoms with Gasteiger partial charge in [-0.3, -0.25) is 10.8 Å². The van der Waals surface area contributed by atoms with Crippen LogP contribution in [0.1, 0.15) is 0 Å². The monoisotopic (exact) mass is 227 g/mol. The molecule has 2 aromatic rings. The summed E-state index contributed by atoms with van der Waals surface area (Å²) in [5.74, 6) is 5.35. The molecule has 14 heavy (non-hydrogen) atoms. The van der Waals surface area contributed by atoms with E-state index >= 15 is 0 Å². The van der Waals surface area contributed by atoms with E-state index in [1.807, 2.05) is 6.07 Å². The zero-order chi connectivity index (χ0) is 10.1. The predicted octanol–water partition coefficient (Wildman–Crippen LogP) is 2.83. The van der Waals surface area contributed by atoms with Gasteiger partial charge < -0.3 is 5.43 Å². The normalized spacial score (nSPS) is 10.5. The summed E-state index contributed by atoms with van der Waals surface area (Å²) in [6.07, 6.45) is 1.62. The van der Waals surface area contributed by atoms with Crippen LogP contribution in [0.25, 0.3) is 10.9 Å². The number of anilines is 1. The van der Waals surface area contributed by atoms with Crippen molar-refractivity contribution in [2.24, 2.45) is 5.84 Å². The van der Waals surface area contributed by atoms with Crippen molar-refractivity contribution in [2.45, 2.75) is 0 Å². The summed E-state index contributed by atoms with van der Waals surface area (Å²) in [6, 6.07) is 5.31. The number of fused-ring (bicyclic) bond motifs is 1. The van der Waals surface area contributed by atoms with Crippen molar-refractivity contribution in [1.82, 2.24) is 4.98 Å². The van der Waals surface area contributed by atoms with Crippen LogP contribution in [-0.2, 0) is 0 Å². The lowest BCUT2D eigenvalue weighted by Crippen LogP contribution is -2.07. The van der Waals surface area contributed by atoms with Crippen LogP contribution < -0.4 is 11.3 Å². The van der Waals surface area contributed by atoms with Crippen LogP contribution in [0.2, 0.25) is 10.0 Å². The van der Waals surface area contributed by atoms with Gasteiger partial charge in [-0.1, -0.05) is 23.2 Å². The molecular weight excluding hydrogens is 221 g/mol. The van der Waals surface area contributed by atoms with Gasteiger partial charge in [0.05, 0.1) is 21.2 Å². The number of nitrogen functional groups attached to an aromatic ring is 1. The van der Waals surface area contributed by atoms with Gasteiger partial charge in [0, 0.05) is 11.6 Å². The summed E-state index contributed by atoms with van der Waals surface area (Å²) in [4.78, 5) is 4.14. The van der Waals surface area contributed by atoms with Crippen molar-refractivity contribution in [3.8, 4) is 0 Å². The van der Waals surface area contributed by atoms with E-state index in [9.17, 15) is 0 Å². The van der Waals surface area contributed by atoms with E-state index < -0.39 is 0 Å². The van der Waals surface area contributed by atoms with E-state index in [2.05, 4.69) is 10.4 Å². The van der Waals surface area contributed by atoms with Crippen molar-refractivity contribution in [1.29, 1.82) is 0 Å². The number of pyridine rings is 1. The minimum Gasteiger partial charge on any atom is -0.323 e. The second-order valence-corrected chi connectivity index (χ2v) is 3.55. The van der Waals surface area contributed by atoms with E-state index in [-0.39, 0.29) is 0 Å². The molecule has 3 N–H and O–H groups in total. The molecule has 2 rings (SSSR count). The largest absolute Gasteiger partial charge is 0.323 e. The summed E-state index contributed by atoms with van der Waals surface area (Å²) >= 11 is 11.9. The first kappa shape index (κ1) is 9.52. The second kappa shape index (κ2) is 3.61. The van der Waals surface area contributed by atoms with Gasteiger partial charge in [0.15, 0.2) is 0 Å². The number of benzene rings is 1. The molecule has 0 saturated heterocycles. The first-order valence-electron chi connectivity index (χ1n) is 3.93. The van der Waals surface area contributed by atoms with Gasteiger partial charge in [-0.15, -0.1) is 0 Å². The van der Waals surface area contributed by atoms with Crippen molar-refractivity contribution >= 4 is 39.8 Å². The lowest BCUT2D eigenvalue weighted by Gasteiger charge is -2.06. The molecule has 1 aromatic heterocycles. The van der Waals surface area contributed by atoms with Gasteiger partial charge in [0.1, 0.15) is 0 Å². The Labute approximate surface area is 90.8 Å². The highest BCUT2D eigenvalue weighted by atomic mass is 35.5. The maximum absolute atomic E-state index is 5.99. The number of halogens is 2. The first-order chi connectivity index (χ1) is 6.74. The standard InChI is InChI=1S/C9H7Cl2N3/c10-6-2-1-5-7(14-12)3-4-13-9(5)8(6)11/h1-4H,12H2,(H,13,14). The van der Waals surface area contributed by atoms with E-state index in [0.717, 1.165) is 11.1 Å². The Bertz CT molecular complexity index is 485. The molecule has 0 bridgehead atoms. The van der Waals surface area contributed by atoms with Crippen LogP contribution in [0.5, 0.6) is 0 Å². The highest BCUT2D eigenvalue weighted by molar-refractivity contribution is 6.45. The molecule has 1 heterocycles. The predicted molar refractivity (Wildman–Crippen MR) is 59.6 cm³/mol. The van der Waals surface area contributed by atoms with Crippen LogP contribution in [0.4, 0.5) is 5.69 Å². The third-order valence-electron chi connectivity index (χ3n) is 1.96. The Morgan fingerprint density at radius 3 is 2.71 bits per heavy atom. The number of hydrogen-bond acceptors (Lipinski definition) is 3. The molecule has 0 atom stereocenters. The molecular formula is C9H7Cl2N3. The van der Waals surface area contributed by atoms with Crippen molar-refractivity contribution in [3.63, 3.8) is 0 Å². The van der Waals surface area contributed by atoms with Gasteiger partial charge in [0.25, 0.3) is 0 Å². The van der Waals surface area contributed by atoms with Gasteiger partial charge in [0.2, 0.25) is 0 Å². The third kappa shape index (κ3) is 1.39. The van der Waals surface area contributed by atoms with Crippen molar-refractivity contribution in [3.05, 3.63) is 34.4 Å². The summed E-state index contributed by atoms with van der Waals surface area (Å²) in [5, 5.41) is 1.78. The number of nitrogens with one attached hydrogen (secondary N) is 1. The number of nitrogens with two attached hydrogens (primary N) is 1. The van der Waals surface area contributed by atoms with Gasteiger partial charge in [-0.2, -0.15) is 0 Å². The lowest BCUT2D eigenvalue weighted by atomic mass is 10.2. The number of hydrogen-bond donors (Lipinski definition) is 2. The van der Waals surface area contributed by atoms with Crippen LogP contribution in [0.15, 0.2) is 24.4 Å². The molecule has 0 unspecified atom stereocenters. The highest BCUT2D eigenvalue weighted by Gasteiger charge is 2.07. The smallest absolute Gasteiger partial charge is 0.0924 e. The molecule has 0 aliphatic carbocycles. The van der Waals surface area contributed by atoms with Gasteiger partial charge >= 0.3 is 0 Å². The first-order valence-corrected chi connectivity index (χ1v) is 4.69. The molecule has 0 amide bonds. The summed E-state index contributed by atoms with van der Waals surface area (Å²) in [7, 11) is 0. The fourth-order valence-electron chi connectivity index (χ4n) is 1.29. The van der Waals surface area contributed by atoms with Crippen LogP contribution in [0.3, 0.4) is 0 Å². The number of hydrazine groups is 1. The van der Waals surface area contributed by atoms with E-state index in [1.165, 1.54) is 0 Å². The van der Waals surface area contributed by atoms with E-state index in [1.54, 1.807) is 18.3 Å². The minimum absolute atomic E-state index is 0.446. The third-order valence-corrected chi connectivity index (χ3v) is 2.75. The van der Waals surface area contributed by atoms with Crippen molar-refractivity contribution in [2.75, 3.05) is 5.43 Å². The topological polar surface area (TPSA) is 50.9 Å². The zero-order valence-electron chi connectivity index (χ0n) is 7.09. The fourth-order valence-corrected chi connectivity index (χ4v) is 1.65. The lowest BCUT2D eigenvalue weighted by molar-refractivity contribution is 1.33. The number of nitrogens with zero attached hydrogens (tertiary/aromatic N) is 1. The molecule has 0 saturated carbocycles. The molecule has 0 fully saturated rings. The molecule has 3 nitrogen and oxygen atoms in total. The average molecular weight is 228 g/mol. The van der Waals surface area contributed by atoms with Gasteiger partial charge in [-0.05, 0) is 18.2 Å². The molecule has 72 valence electrons. The molecule has 0 aliphatic heterocycles. The molecule has 0 spiro atoms. The van der Waals surface area contributed by atoms with Gasteiger partial charge in [-0.25, -0.2) is 0 Å². The maximum Gasteiger partial charge on any atom is 0.0924 e. The van der Waals surface area contributed by atoms with Crippen LogP contribution in [0, 0.1) is 0 Å². The molecule has 5 heteroatoms. The number of rotatable bonds is 1. The fraction of sp³-hybridized carbons (Fsp3) is 0. The van der Waals surface area contributed by atoms with Crippen LogP contribution in [-0.4, -0.2) is 4.98 Å². The highest BCUT2D eigenvalue weighted by Crippen LogP contribution is 2.32. The Balaban J connectivity index is 2.86. The molecule has 1 aromatic carbocycles. The zero-order valence-corrected chi connectivity index (χ0v) is 8.60. The Hall–Kier alpha value is -1.03. The van der Waals surface area contributed by atoms with E-state index in [4.69, 9.17) is 29.0 Å². The summed E-state index contributed by atoms with van der Waals surface area (Å²) in [6.45, 7) is 0. The van der Waals surface area contributed by atoms with Crippen molar-refractivity contribution < 1.29 is 0 Å². The summed E-state index contributed by atoms with van der Waals surface area (Å²) in [5.41, 5.74) is 3.99. The quantitative estimate of drug-likeness (QED) is 0.582. The SMILES string of the molecule is NNc1ccnc2c(Cl)c(Cl)ccc12. The Morgan fingerprint density at radius 1 is 1.21 bits per heavy atom. The Kier molecular flexibility index (Phi) is 2.46. The second-order valence-electron chi connectivity index (χ2n) is 2.76. The molecule has 0 radical (unpaired) electrons. The number of aromatic nitrogens is 1. The maximum atomic E-state index is 5.99.